The first kappa shape index (κ1) is 20.0. The van der Waals surface area contributed by atoms with E-state index in [9.17, 15) is 9.18 Å². The van der Waals surface area contributed by atoms with Crippen LogP contribution in [0.15, 0.2) is 36.4 Å². The van der Waals surface area contributed by atoms with E-state index in [0.29, 0.717) is 11.9 Å². The van der Waals surface area contributed by atoms with Gasteiger partial charge in [0, 0.05) is 29.8 Å². The molecule has 0 atom stereocenters. The summed E-state index contributed by atoms with van der Waals surface area (Å²) in [6.07, 6.45) is 1.28. The first-order chi connectivity index (χ1) is 13.4. The van der Waals surface area contributed by atoms with Gasteiger partial charge in [0.2, 0.25) is 5.91 Å². The average Bonchev–Trinajstić information content (AvgIpc) is 3.02. The molecule has 5 nitrogen and oxygen atoms in total. The van der Waals surface area contributed by atoms with E-state index in [2.05, 4.69) is 34.0 Å². The van der Waals surface area contributed by atoms with Crippen LogP contribution in [0.3, 0.4) is 0 Å². The SMILES string of the molecule is CNCCCC(=O)Nc1ccc(-c2nc3cc(F)ccc3n2C(C)C)cc1C. The Balaban J connectivity index is 1.91. The maximum Gasteiger partial charge on any atom is 0.224 e. The molecular weight excluding hydrogens is 355 g/mol. The summed E-state index contributed by atoms with van der Waals surface area (Å²) in [7, 11) is 1.87. The molecule has 6 heteroatoms. The number of aryl methyl sites for hydroxylation is 1. The summed E-state index contributed by atoms with van der Waals surface area (Å²) < 4.78 is 15.7. The Hall–Kier alpha value is -2.73. The number of nitrogens with one attached hydrogen (secondary N) is 2. The standard InChI is InChI=1S/C22H27FN4O/c1-14(2)27-20-10-8-17(23)13-19(20)26-22(27)16-7-9-18(15(3)12-16)25-21(28)6-5-11-24-4/h7-10,12-14,24H,5-6,11H2,1-4H3,(H,25,28). The predicted molar refractivity (Wildman–Crippen MR) is 112 cm³/mol. The Morgan fingerprint density at radius 2 is 2.00 bits per heavy atom. The number of aromatic nitrogens is 2. The highest BCUT2D eigenvalue weighted by molar-refractivity contribution is 5.92. The van der Waals surface area contributed by atoms with Crippen LogP contribution < -0.4 is 10.6 Å². The fraction of sp³-hybridized carbons (Fsp3) is 0.364. The number of halogens is 1. The summed E-state index contributed by atoms with van der Waals surface area (Å²) in [6.45, 7) is 6.95. The van der Waals surface area contributed by atoms with Crippen LogP contribution >= 0.6 is 0 Å². The highest BCUT2D eigenvalue weighted by Gasteiger charge is 2.16. The molecule has 1 aromatic heterocycles. The molecule has 3 aromatic rings. The quantitative estimate of drug-likeness (QED) is 0.584. The molecule has 2 aromatic carbocycles. The van der Waals surface area contributed by atoms with Gasteiger partial charge in [-0.2, -0.15) is 0 Å². The lowest BCUT2D eigenvalue weighted by atomic mass is 10.1. The maximum absolute atomic E-state index is 13.6. The van der Waals surface area contributed by atoms with Crippen LogP contribution in [-0.2, 0) is 4.79 Å². The first-order valence-corrected chi connectivity index (χ1v) is 9.63. The van der Waals surface area contributed by atoms with E-state index >= 15 is 0 Å². The molecule has 0 bridgehead atoms. The first-order valence-electron chi connectivity index (χ1n) is 9.63. The molecule has 0 aliphatic heterocycles. The lowest BCUT2D eigenvalue weighted by molar-refractivity contribution is -0.116. The Morgan fingerprint density at radius 1 is 1.21 bits per heavy atom. The summed E-state index contributed by atoms with van der Waals surface area (Å²) in [5.74, 6) is 0.515. The van der Waals surface area contributed by atoms with Crippen LogP contribution in [0.4, 0.5) is 10.1 Å². The third kappa shape index (κ3) is 4.22. The molecule has 1 amide bonds. The van der Waals surface area contributed by atoms with Gasteiger partial charge >= 0.3 is 0 Å². The van der Waals surface area contributed by atoms with Crippen LogP contribution in [0.2, 0.25) is 0 Å². The molecule has 3 rings (SSSR count). The number of nitrogens with zero attached hydrogens (tertiary/aromatic N) is 2. The zero-order chi connectivity index (χ0) is 20.3. The Kier molecular flexibility index (Phi) is 6.09. The maximum atomic E-state index is 13.6. The Morgan fingerprint density at radius 3 is 2.68 bits per heavy atom. The van der Waals surface area contributed by atoms with Gasteiger partial charge in [0.15, 0.2) is 0 Å². The number of fused-ring (bicyclic) bond motifs is 1. The summed E-state index contributed by atoms with van der Waals surface area (Å²) in [6, 6.07) is 10.7. The minimum atomic E-state index is -0.292. The minimum Gasteiger partial charge on any atom is -0.326 e. The van der Waals surface area contributed by atoms with E-state index in [-0.39, 0.29) is 17.8 Å². The van der Waals surface area contributed by atoms with Gasteiger partial charge in [-0.1, -0.05) is 0 Å². The van der Waals surface area contributed by atoms with Crippen molar-refractivity contribution in [3.05, 3.63) is 47.8 Å². The normalized spacial score (nSPS) is 11.4. The topological polar surface area (TPSA) is 59.0 Å². The molecule has 0 fully saturated rings. The van der Waals surface area contributed by atoms with Crippen molar-refractivity contribution in [1.82, 2.24) is 14.9 Å². The smallest absolute Gasteiger partial charge is 0.224 e. The van der Waals surface area contributed by atoms with Gasteiger partial charge in [-0.15, -0.1) is 0 Å². The number of rotatable bonds is 7. The van der Waals surface area contributed by atoms with Crippen molar-refractivity contribution in [1.29, 1.82) is 0 Å². The molecule has 28 heavy (non-hydrogen) atoms. The van der Waals surface area contributed by atoms with E-state index in [0.717, 1.165) is 41.1 Å². The number of imidazole rings is 1. The zero-order valence-electron chi connectivity index (χ0n) is 16.8. The molecule has 0 saturated heterocycles. The van der Waals surface area contributed by atoms with Crippen molar-refractivity contribution < 1.29 is 9.18 Å². The van der Waals surface area contributed by atoms with Crippen LogP contribution in [0.5, 0.6) is 0 Å². The third-order valence-corrected chi connectivity index (χ3v) is 4.76. The van der Waals surface area contributed by atoms with Crippen molar-refractivity contribution in [2.24, 2.45) is 0 Å². The van der Waals surface area contributed by atoms with E-state index < -0.39 is 0 Å². The summed E-state index contributed by atoms with van der Waals surface area (Å²) >= 11 is 0. The molecule has 1 heterocycles. The molecule has 0 aliphatic carbocycles. The van der Waals surface area contributed by atoms with E-state index in [1.165, 1.54) is 12.1 Å². The van der Waals surface area contributed by atoms with Crippen LogP contribution in [0.1, 0.15) is 38.3 Å². The number of amides is 1. The second-order valence-electron chi connectivity index (χ2n) is 7.32. The fourth-order valence-electron chi connectivity index (χ4n) is 3.38. The highest BCUT2D eigenvalue weighted by Crippen LogP contribution is 2.31. The summed E-state index contributed by atoms with van der Waals surface area (Å²) in [5.41, 5.74) is 4.26. The van der Waals surface area contributed by atoms with Crippen molar-refractivity contribution in [2.45, 2.75) is 39.7 Å². The van der Waals surface area contributed by atoms with Gasteiger partial charge < -0.3 is 15.2 Å². The highest BCUT2D eigenvalue weighted by atomic mass is 19.1. The number of hydrogen-bond donors (Lipinski definition) is 2. The van der Waals surface area contributed by atoms with Gasteiger partial charge in [0.1, 0.15) is 11.6 Å². The molecule has 0 spiro atoms. The minimum absolute atomic E-state index is 0.0102. The molecule has 0 saturated carbocycles. The van der Waals surface area contributed by atoms with E-state index in [1.807, 2.05) is 32.2 Å². The monoisotopic (exact) mass is 382 g/mol. The van der Waals surface area contributed by atoms with Crippen LogP contribution in [-0.4, -0.2) is 29.1 Å². The molecule has 0 radical (unpaired) electrons. The Labute approximate surface area is 165 Å². The molecular formula is C22H27FN4O. The molecule has 2 N–H and O–H groups in total. The average molecular weight is 382 g/mol. The van der Waals surface area contributed by atoms with Gasteiger partial charge in [-0.05, 0) is 76.7 Å². The number of hydrogen-bond acceptors (Lipinski definition) is 3. The number of carbonyl (C=O) groups excluding carboxylic acids is 1. The Bertz CT molecular complexity index is 994. The van der Waals surface area contributed by atoms with Gasteiger partial charge in [-0.3, -0.25) is 4.79 Å². The summed E-state index contributed by atoms with van der Waals surface area (Å²) in [4.78, 5) is 16.8. The van der Waals surface area contributed by atoms with Gasteiger partial charge in [0.25, 0.3) is 0 Å². The van der Waals surface area contributed by atoms with Crippen LogP contribution in [0, 0.1) is 12.7 Å². The zero-order valence-corrected chi connectivity index (χ0v) is 16.8. The molecule has 0 aliphatic rings. The predicted octanol–water partition coefficient (Wildman–Crippen LogP) is 4.67. The van der Waals surface area contributed by atoms with Gasteiger partial charge in [-0.25, -0.2) is 9.37 Å². The van der Waals surface area contributed by atoms with Crippen molar-refractivity contribution >= 4 is 22.6 Å². The van der Waals surface area contributed by atoms with Crippen molar-refractivity contribution in [2.75, 3.05) is 18.9 Å². The fourth-order valence-corrected chi connectivity index (χ4v) is 3.38. The number of anilines is 1. The second kappa shape index (κ2) is 8.52. The van der Waals surface area contributed by atoms with Crippen LogP contribution in [0.25, 0.3) is 22.4 Å². The summed E-state index contributed by atoms with van der Waals surface area (Å²) in [5, 5.41) is 6.02. The molecule has 0 unspecified atom stereocenters. The largest absolute Gasteiger partial charge is 0.326 e. The van der Waals surface area contributed by atoms with E-state index in [4.69, 9.17) is 0 Å². The number of benzene rings is 2. The van der Waals surface area contributed by atoms with Crippen molar-refractivity contribution in [3.63, 3.8) is 0 Å². The van der Waals surface area contributed by atoms with E-state index in [1.54, 1.807) is 6.07 Å². The molecule has 148 valence electrons. The van der Waals surface area contributed by atoms with Gasteiger partial charge in [0.05, 0.1) is 11.0 Å². The number of carbonyl (C=O) groups is 1. The second-order valence-corrected chi connectivity index (χ2v) is 7.32. The van der Waals surface area contributed by atoms with Crippen molar-refractivity contribution in [3.8, 4) is 11.4 Å². The third-order valence-electron chi connectivity index (χ3n) is 4.76. The lowest BCUT2D eigenvalue weighted by Gasteiger charge is -2.15. The lowest BCUT2D eigenvalue weighted by Crippen LogP contribution is -2.15.